The predicted octanol–water partition coefficient (Wildman–Crippen LogP) is 3.67. The highest BCUT2D eigenvalue weighted by Crippen LogP contribution is 2.21. The van der Waals surface area contributed by atoms with Crippen molar-refractivity contribution in [2.75, 3.05) is 18.2 Å². The number of fused-ring (bicyclic) bond motifs is 1. The Labute approximate surface area is 117 Å². The van der Waals surface area contributed by atoms with Gasteiger partial charge in [-0.3, -0.25) is 19.1 Å². The van der Waals surface area contributed by atoms with Gasteiger partial charge in [-0.1, -0.05) is 18.2 Å². The number of hydrogen-bond donors (Lipinski definition) is 0. The molecular formula is C16H16FN3. The molecule has 3 nitrogen and oxygen atoms in total. The number of nitrogens with zero attached hydrogens (tertiary/aromatic N) is 3. The molecular weight excluding hydrogens is 253 g/mol. The fraction of sp³-hybridized carbons (Fsp3) is 0.188. The Morgan fingerprint density at radius 1 is 1.05 bits per heavy atom. The Kier molecular flexibility index (Phi) is 3.63. The fourth-order valence-electron chi connectivity index (χ4n) is 2.37. The van der Waals surface area contributed by atoms with Crippen molar-refractivity contribution in [3.05, 3.63) is 61.1 Å². The quantitative estimate of drug-likeness (QED) is 0.704. The molecule has 0 unspecified atom stereocenters. The number of anilines is 1. The minimum atomic E-state index is -0.319. The lowest BCUT2D eigenvalue weighted by Gasteiger charge is -2.26. The van der Waals surface area contributed by atoms with Gasteiger partial charge in [-0.15, -0.1) is 0 Å². The zero-order valence-electron chi connectivity index (χ0n) is 11.1. The highest BCUT2D eigenvalue weighted by molar-refractivity contribution is 5.80. The van der Waals surface area contributed by atoms with E-state index in [1.165, 1.54) is 5.39 Å². The molecule has 0 radical (unpaired) electrons. The van der Waals surface area contributed by atoms with Crippen LogP contribution in [0.15, 0.2) is 61.1 Å². The number of para-hydroxylation sites is 1. The van der Waals surface area contributed by atoms with Crippen molar-refractivity contribution >= 4 is 16.6 Å². The second-order valence-electron chi connectivity index (χ2n) is 4.59. The third-order valence-corrected chi connectivity index (χ3v) is 3.30. The average Bonchev–Trinajstić information content (AvgIpc) is 2.93. The van der Waals surface area contributed by atoms with Crippen molar-refractivity contribution in [1.29, 1.82) is 0 Å². The zero-order valence-corrected chi connectivity index (χ0v) is 11.1. The molecule has 1 aromatic carbocycles. The summed E-state index contributed by atoms with van der Waals surface area (Å²) in [4.78, 5) is 4.04. The summed E-state index contributed by atoms with van der Waals surface area (Å²) in [6.07, 6.45) is 6.02. The Morgan fingerprint density at radius 3 is 2.65 bits per heavy atom. The van der Waals surface area contributed by atoms with Crippen LogP contribution in [0.5, 0.6) is 0 Å². The van der Waals surface area contributed by atoms with Crippen LogP contribution in [0.1, 0.15) is 6.42 Å². The van der Waals surface area contributed by atoms with Gasteiger partial charge < -0.3 is 0 Å². The van der Waals surface area contributed by atoms with Crippen LogP contribution in [0.4, 0.5) is 10.1 Å². The van der Waals surface area contributed by atoms with Crippen LogP contribution in [-0.4, -0.2) is 22.9 Å². The van der Waals surface area contributed by atoms with Gasteiger partial charge in [0.2, 0.25) is 0 Å². The second-order valence-corrected chi connectivity index (χ2v) is 4.59. The molecule has 0 amide bonds. The number of hydrogen-bond acceptors (Lipinski definition) is 2. The molecule has 4 heteroatoms. The molecule has 0 saturated carbocycles. The average molecular weight is 269 g/mol. The van der Waals surface area contributed by atoms with Crippen LogP contribution in [0.25, 0.3) is 10.9 Å². The molecule has 0 bridgehead atoms. The minimum Gasteiger partial charge on any atom is -0.281 e. The molecule has 0 N–H and O–H groups in total. The normalized spacial score (nSPS) is 10.8. The van der Waals surface area contributed by atoms with Gasteiger partial charge in [0, 0.05) is 30.5 Å². The van der Waals surface area contributed by atoms with E-state index in [-0.39, 0.29) is 6.67 Å². The summed E-state index contributed by atoms with van der Waals surface area (Å²) >= 11 is 0. The number of aromatic nitrogens is 2. The molecule has 0 aliphatic rings. The van der Waals surface area contributed by atoms with Crippen LogP contribution in [-0.2, 0) is 0 Å². The van der Waals surface area contributed by atoms with Gasteiger partial charge in [0.25, 0.3) is 0 Å². The number of alkyl halides is 1. The Bertz CT molecular complexity index is 678. The zero-order chi connectivity index (χ0) is 13.8. The molecule has 2 heterocycles. The molecule has 20 heavy (non-hydrogen) atoms. The lowest BCUT2D eigenvalue weighted by Crippen LogP contribution is -2.30. The van der Waals surface area contributed by atoms with Crippen molar-refractivity contribution in [3.8, 4) is 0 Å². The highest BCUT2D eigenvalue weighted by atomic mass is 19.1. The third kappa shape index (κ3) is 2.37. The van der Waals surface area contributed by atoms with Gasteiger partial charge in [-0.05, 0) is 30.7 Å². The summed E-state index contributed by atoms with van der Waals surface area (Å²) in [7, 11) is 0. The lowest BCUT2D eigenvalue weighted by atomic mass is 10.2. The fourth-order valence-corrected chi connectivity index (χ4v) is 2.37. The molecule has 0 spiro atoms. The highest BCUT2D eigenvalue weighted by Gasteiger charge is 2.10. The van der Waals surface area contributed by atoms with Gasteiger partial charge >= 0.3 is 0 Å². The summed E-state index contributed by atoms with van der Waals surface area (Å²) in [6, 6.07) is 14.1. The van der Waals surface area contributed by atoms with Crippen molar-refractivity contribution in [2.45, 2.75) is 6.42 Å². The van der Waals surface area contributed by atoms with Crippen LogP contribution >= 0.6 is 0 Å². The summed E-state index contributed by atoms with van der Waals surface area (Å²) in [5.41, 5.74) is 2.12. The van der Waals surface area contributed by atoms with Gasteiger partial charge in [0.05, 0.1) is 17.9 Å². The first-order chi connectivity index (χ1) is 9.90. The first-order valence-electron chi connectivity index (χ1n) is 6.70. The first-order valence-corrected chi connectivity index (χ1v) is 6.70. The maximum Gasteiger partial charge on any atom is 0.0912 e. The smallest absolute Gasteiger partial charge is 0.0912 e. The standard InChI is InChI=1S/C16H16FN3/c17-9-3-12-19(15-6-10-18-11-7-15)20-13-8-14-4-1-2-5-16(14)20/h1-2,4-8,10-11,13H,3,9,12H2. The molecule has 0 fully saturated rings. The largest absolute Gasteiger partial charge is 0.281 e. The van der Waals surface area contributed by atoms with E-state index < -0.39 is 0 Å². The predicted molar refractivity (Wildman–Crippen MR) is 79.5 cm³/mol. The summed E-state index contributed by atoms with van der Waals surface area (Å²) in [5, 5.41) is 3.25. The third-order valence-electron chi connectivity index (χ3n) is 3.30. The van der Waals surface area contributed by atoms with E-state index >= 15 is 0 Å². The lowest BCUT2D eigenvalue weighted by molar-refractivity contribution is 0.466. The topological polar surface area (TPSA) is 21.1 Å². The number of benzene rings is 1. The van der Waals surface area contributed by atoms with E-state index in [9.17, 15) is 4.39 Å². The van der Waals surface area contributed by atoms with Crippen molar-refractivity contribution in [3.63, 3.8) is 0 Å². The SMILES string of the molecule is FCCCN(c1ccncc1)n1ccc2ccccc21. The minimum absolute atomic E-state index is 0.319. The van der Waals surface area contributed by atoms with Crippen molar-refractivity contribution in [2.24, 2.45) is 0 Å². The molecule has 3 aromatic rings. The Balaban J connectivity index is 2.05. The van der Waals surface area contributed by atoms with Gasteiger partial charge in [-0.25, -0.2) is 0 Å². The molecule has 3 rings (SSSR count). The van der Waals surface area contributed by atoms with E-state index in [1.807, 2.05) is 30.5 Å². The molecule has 2 aromatic heterocycles. The molecule has 0 atom stereocenters. The van der Waals surface area contributed by atoms with E-state index in [2.05, 4.69) is 32.9 Å². The maximum absolute atomic E-state index is 12.6. The molecule has 0 aliphatic heterocycles. The van der Waals surface area contributed by atoms with Crippen molar-refractivity contribution in [1.82, 2.24) is 9.66 Å². The Hall–Kier alpha value is -2.36. The summed E-state index contributed by atoms with van der Waals surface area (Å²) < 4.78 is 14.6. The van der Waals surface area contributed by atoms with Crippen LogP contribution < -0.4 is 5.01 Å². The molecule has 0 saturated heterocycles. The number of halogens is 1. The summed E-state index contributed by atoms with van der Waals surface area (Å²) in [6.45, 7) is 0.306. The van der Waals surface area contributed by atoms with E-state index in [1.54, 1.807) is 12.4 Å². The van der Waals surface area contributed by atoms with Crippen molar-refractivity contribution < 1.29 is 4.39 Å². The number of rotatable bonds is 5. The van der Waals surface area contributed by atoms with Crippen LogP contribution in [0, 0.1) is 0 Å². The maximum atomic E-state index is 12.6. The second kappa shape index (κ2) is 5.74. The number of pyridine rings is 1. The van der Waals surface area contributed by atoms with Gasteiger partial charge in [-0.2, -0.15) is 0 Å². The van der Waals surface area contributed by atoms with E-state index in [0.717, 1.165) is 11.2 Å². The van der Waals surface area contributed by atoms with E-state index in [0.29, 0.717) is 13.0 Å². The summed E-state index contributed by atoms with van der Waals surface area (Å²) in [5.74, 6) is 0. The molecule has 0 aliphatic carbocycles. The van der Waals surface area contributed by atoms with Crippen LogP contribution in [0.3, 0.4) is 0 Å². The monoisotopic (exact) mass is 269 g/mol. The molecule has 102 valence electrons. The first kappa shape index (κ1) is 12.7. The Morgan fingerprint density at radius 2 is 1.85 bits per heavy atom. The van der Waals surface area contributed by atoms with Gasteiger partial charge in [0.1, 0.15) is 0 Å². The van der Waals surface area contributed by atoms with Crippen LogP contribution in [0.2, 0.25) is 0 Å². The van der Waals surface area contributed by atoms with Gasteiger partial charge in [0.15, 0.2) is 0 Å². The van der Waals surface area contributed by atoms with E-state index in [4.69, 9.17) is 0 Å².